The molecule has 3 aliphatic heterocycles. The summed E-state index contributed by atoms with van der Waals surface area (Å²) in [6, 6.07) is 0. The third-order valence-corrected chi connectivity index (χ3v) is 3.02. The van der Waals surface area contributed by atoms with Crippen molar-refractivity contribution in [1.29, 1.82) is 0 Å². The molecule has 15 heavy (non-hydrogen) atoms. The van der Waals surface area contributed by atoms with E-state index in [4.69, 9.17) is 0 Å². The van der Waals surface area contributed by atoms with E-state index >= 15 is 0 Å². The van der Waals surface area contributed by atoms with E-state index in [1.807, 2.05) is 6.33 Å². The number of nitrogens with zero attached hydrogens (tertiary/aromatic N) is 4. The number of aromatic nitrogens is 4. The summed E-state index contributed by atoms with van der Waals surface area (Å²) in [4.78, 5) is 12.6. The highest BCUT2D eigenvalue weighted by Gasteiger charge is 2.29. The first kappa shape index (κ1) is 8.64. The van der Waals surface area contributed by atoms with Crippen molar-refractivity contribution in [2.24, 2.45) is 0 Å². The van der Waals surface area contributed by atoms with E-state index in [0.29, 0.717) is 5.82 Å². The van der Waals surface area contributed by atoms with E-state index in [2.05, 4.69) is 38.7 Å². The zero-order chi connectivity index (χ0) is 10.5. The summed E-state index contributed by atoms with van der Waals surface area (Å²) in [5.74, 6) is 1.75. The molecule has 0 aromatic heterocycles. The van der Waals surface area contributed by atoms with Crippen LogP contribution in [-0.2, 0) is 5.54 Å². The Morgan fingerprint density at radius 3 is 3.07 bits per heavy atom. The average Bonchev–Trinajstić information content (AvgIpc) is 2.65. The van der Waals surface area contributed by atoms with Gasteiger partial charge in [-0.15, -0.1) is 0 Å². The fraction of sp³-hybridized carbons (Fsp3) is 0.500. The maximum atomic E-state index is 4.30. The van der Waals surface area contributed by atoms with Crippen molar-refractivity contribution >= 4 is 5.82 Å². The molecule has 0 aromatic rings. The Kier molecular flexibility index (Phi) is 1.55. The van der Waals surface area contributed by atoms with E-state index in [0.717, 1.165) is 24.5 Å². The molecule has 3 rings (SSSR count). The molecule has 0 saturated heterocycles. The summed E-state index contributed by atoms with van der Waals surface area (Å²) >= 11 is 0. The van der Waals surface area contributed by atoms with Gasteiger partial charge in [-0.1, -0.05) is 0 Å². The molecule has 0 radical (unpaired) electrons. The smallest absolute Gasteiger partial charge is 0.184 e. The largest absolute Gasteiger partial charge is 0.369 e. The van der Waals surface area contributed by atoms with Gasteiger partial charge in [-0.25, -0.2) is 15.0 Å². The van der Waals surface area contributed by atoms with Crippen molar-refractivity contribution in [2.75, 3.05) is 11.9 Å². The molecular weight excluding hydrogens is 190 g/mol. The number of hydrogen-bond donors (Lipinski definition) is 1. The second-order valence-corrected chi connectivity index (χ2v) is 4.50. The van der Waals surface area contributed by atoms with Crippen molar-refractivity contribution in [3.05, 3.63) is 12.7 Å². The van der Waals surface area contributed by atoms with Gasteiger partial charge in [-0.05, 0) is 20.3 Å². The lowest BCUT2D eigenvalue weighted by Gasteiger charge is -2.36. The average molecular weight is 203 g/mol. The van der Waals surface area contributed by atoms with Crippen LogP contribution in [-0.4, -0.2) is 26.1 Å². The van der Waals surface area contributed by atoms with Crippen molar-refractivity contribution in [2.45, 2.75) is 25.8 Å². The number of imidazole rings is 1. The molecule has 0 aromatic carbocycles. The first-order valence-corrected chi connectivity index (χ1v) is 5.11. The quantitative estimate of drug-likeness (QED) is 0.701. The molecule has 0 aliphatic carbocycles. The van der Waals surface area contributed by atoms with Crippen LogP contribution in [0.1, 0.15) is 20.3 Å². The van der Waals surface area contributed by atoms with Gasteiger partial charge in [0.15, 0.2) is 11.5 Å². The van der Waals surface area contributed by atoms with Gasteiger partial charge in [0.05, 0.1) is 6.33 Å². The molecule has 0 fully saturated rings. The second-order valence-electron chi connectivity index (χ2n) is 4.50. The molecule has 0 saturated carbocycles. The zero-order valence-corrected chi connectivity index (χ0v) is 8.86. The van der Waals surface area contributed by atoms with Crippen LogP contribution < -0.4 is 5.32 Å². The molecule has 0 bridgehead atoms. The van der Waals surface area contributed by atoms with Crippen molar-refractivity contribution in [3.63, 3.8) is 0 Å². The van der Waals surface area contributed by atoms with Crippen LogP contribution in [0.4, 0.5) is 5.82 Å². The highest BCUT2D eigenvalue weighted by atomic mass is 15.2. The van der Waals surface area contributed by atoms with Crippen LogP contribution in [0.5, 0.6) is 0 Å². The van der Waals surface area contributed by atoms with Gasteiger partial charge in [-0.2, -0.15) is 0 Å². The molecule has 0 atom stereocenters. The predicted octanol–water partition coefficient (Wildman–Crippen LogP) is 1.33. The minimum atomic E-state index is 0.0979. The summed E-state index contributed by atoms with van der Waals surface area (Å²) in [5, 5.41) is 3.37. The summed E-state index contributed by atoms with van der Waals surface area (Å²) in [6.45, 7) is 5.39. The molecule has 78 valence electrons. The molecule has 0 unspecified atom stereocenters. The predicted molar refractivity (Wildman–Crippen MR) is 56.9 cm³/mol. The number of nitrogens with one attached hydrogen (secondary N) is 1. The SMILES string of the molecule is CC1(C)CCNc2c3ncnc-3ncn21. The van der Waals surface area contributed by atoms with Crippen LogP contribution in [0, 0.1) is 0 Å². The maximum Gasteiger partial charge on any atom is 0.184 e. The van der Waals surface area contributed by atoms with E-state index < -0.39 is 0 Å². The normalized spacial score (nSPS) is 18.5. The van der Waals surface area contributed by atoms with Crippen molar-refractivity contribution in [1.82, 2.24) is 19.5 Å². The van der Waals surface area contributed by atoms with Gasteiger partial charge < -0.3 is 9.88 Å². The van der Waals surface area contributed by atoms with Crippen LogP contribution in [0.2, 0.25) is 0 Å². The topological polar surface area (TPSA) is 55.6 Å². The summed E-state index contributed by atoms with van der Waals surface area (Å²) in [5.41, 5.74) is 0.964. The fourth-order valence-corrected chi connectivity index (χ4v) is 2.04. The highest BCUT2D eigenvalue weighted by molar-refractivity contribution is 5.67. The number of hydrogen-bond acceptors (Lipinski definition) is 4. The Hall–Kier alpha value is -1.65. The molecule has 5 nitrogen and oxygen atoms in total. The minimum Gasteiger partial charge on any atom is -0.369 e. The van der Waals surface area contributed by atoms with E-state index in [1.165, 1.54) is 0 Å². The Balaban J connectivity index is 2.30. The lowest BCUT2D eigenvalue weighted by Crippen LogP contribution is -2.36. The van der Waals surface area contributed by atoms with Gasteiger partial charge in [0.2, 0.25) is 0 Å². The summed E-state index contributed by atoms with van der Waals surface area (Å²) in [6.07, 6.45) is 4.49. The lowest BCUT2D eigenvalue weighted by molar-refractivity contribution is 0.319. The molecule has 3 aliphatic rings. The van der Waals surface area contributed by atoms with Gasteiger partial charge >= 0.3 is 0 Å². The second kappa shape index (κ2) is 2.68. The molecule has 3 heterocycles. The third kappa shape index (κ3) is 1.12. The number of anilines is 1. The molecule has 1 N–H and O–H groups in total. The monoisotopic (exact) mass is 203 g/mol. The van der Waals surface area contributed by atoms with Crippen LogP contribution in [0.25, 0.3) is 11.5 Å². The zero-order valence-electron chi connectivity index (χ0n) is 8.86. The molecule has 0 amide bonds. The van der Waals surface area contributed by atoms with E-state index in [1.54, 1.807) is 6.33 Å². The molecular formula is C10H13N5. The van der Waals surface area contributed by atoms with E-state index in [-0.39, 0.29) is 5.54 Å². The molecule has 5 heteroatoms. The fourth-order valence-electron chi connectivity index (χ4n) is 2.04. The van der Waals surface area contributed by atoms with Crippen molar-refractivity contribution < 1.29 is 0 Å². The third-order valence-electron chi connectivity index (χ3n) is 3.02. The van der Waals surface area contributed by atoms with Gasteiger partial charge in [0, 0.05) is 12.1 Å². The molecule has 0 spiro atoms. The highest BCUT2D eigenvalue weighted by Crippen LogP contribution is 2.34. The first-order chi connectivity index (χ1) is 7.18. The Labute approximate surface area is 87.9 Å². The van der Waals surface area contributed by atoms with Crippen molar-refractivity contribution in [3.8, 4) is 11.5 Å². The Bertz CT molecular complexity index is 473. The minimum absolute atomic E-state index is 0.0979. The maximum absolute atomic E-state index is 4.30. The number of rotatable bonds is 0. The summed E-state index contributed by atoms with van der Waals surface area (Å²) < 4.78 is 2.15. The summed E-state index contributed by atoms with van der Waals surface area (Å²) in [7, 11) is 0. The van der Waals surface area contributed by atoms with Crippen LogP contribution in [0.15, 0.2) is 12.7 Å². The number of fused-ring (bicyclic) bond motifs is 3. The van der Waals surface area contributed by atoms with Gasteiger partial charge in [0.1, 0.15) is 12.1 Å². The Morgan fingerprint density at radius 2 is 2.20 bits per heavy atom. The van der Waals surface area contributed by atoms with Gasteiger partial charge in [0.25, 0.3) is 0 Å². The van der Waals surface area contributed by atoms with Gasteiger partial charge in [-0.3, -0.25) is 0 Å². The standard InChI is InChI=1S/C10H13N5/c1-10(2)3-4-11-9-7-8(13-5-12-7)14-6-15(9)10/h5-6,11H,3-4H2,1-2H3. The van der Waals surface area contributed by atoms with Crippen LogP contribution in [0.3, 0.4) is 0 Å². The lowest BCUT2D eigenvalue weighted by atomic mass is 9.98. The van der Waals surface area contributed by atoms with E-state index in [9.17, 15) is 0 Å². The first-order valence-electron chi connectivity index (χ1n) is 5.11. The van der Waals surface area contributed by atoms with Crippen LogP contribution >= 0.6 is 0 Å². The Morgan fingerprint density at radius 1 is 1.33 bits per heavy atom.